The van der Waals surface area contributed by atoms with E-state index in [9.17, 15) is 9.18 Å². The van der Waals surface area contributed by atoms with Crippen molar-refractivity contribution in [2.24, 2.45) is 0 Å². The van der Waals surface area contributed by atoms with Crippen molar-refractivity contribution in [3.63, 3.8) is 0 Å². The van der Waals surface area contributed by atoms with Crippen LogP contribution < -0.4 is 10.6 Å². The maximum Gasteiger partial charge on any atom is 0.324 e. The number of nitrogens with one attached hydrogen (secondary N) is 2. The molecular weight excluding hydrogens is 331 g/mol. The number of carbonyl (C=O) groups is 1. The standard InChI is InChI=1S/C17H14ClFN4O/c18-14-11-23(10-12-6-4-5-9-15(12)19)22-16(14)21-17(24)20-13-7-2-1-3-8-13/h1-9,11H,10H2,(H2,20,21,22,24). The van der Waals surface area contributed by atoms with E-state index in [0.29, 0.717) is 11.3 Å². The first-order valence-corrected chi connectivity index (χ1v) is 7.59. The van der Waals surface area contributed by atoms with E-state index in [1.54, 1.807) is 30.3 Å². The van der Waals surface area contributed by atoms with Crippen LogP contribution in [0, 0.1) is 5.82 Å². The first-order valence-electron chi connectivity index (χ1n) is 7.21. The molecule has 3 aromatic rings. The Hall–Kier alpha value is -2.86. The van der Waals surface area contributed by atoms with Crippen molar-refractivity contribution in [1.82, 2.24) is 9.78 Å². The van der Waals surface area contributed by atoms with Crippen molar-refractivity contribution in [1.29, 1.82) is 0 Å². The molecule has 122 valence electrons. The topological polar surface area (TPSA) is 59.0 Å². The van der Waals surface area contributed by atoms with Gasteiger partial charge in [0.15, 0.2) is 5.82 Å². The number of hydrogen-bond acceptors (Lipinski definition) is 2. The molecule has 0 aliphatic rings. The number of benzene rings is 2. The van der Waals surface area contributed by atoms with Crippen molar-refractivity contribution in [2.45, 2.75) is 6.54 Å². The van der Waals surface area contributed by atoms with Crippen molar-refractivity contribution in [2.75, 3.05) is 10.6 Å². The van der Waals surface area contributed by atoms with Gasteiger partial charge in [-0.15, -0.1) is 0 Å². The molecule has 7 heteroatoms. The maximum absolute atomic E-state index is 13.7. The Bertz CT molecular complexity index is 851. The largest absolute Gasteiger partial charge is 0.324 e. The Morgan fingerprint density at radius 3 is 2.54 bits per heavy atom. The Morgan fingerprint density at radius 2 is 1.79 bits per heavy atom. The predicted octanol–water partition coefficient (Wildman–Crippen LogP) is 4.37. The number of rotatable bonds is 4. The Labute approximate surface area is 143 Å². The van der Waals surface area contributed by atoms with Gasteiger partial charge in [-0.3, -0.25) is 10.00 Å². The minimum atomic E-state index is -0.459. The summed E-state index contributed by atoms with van der Waals surface area (Å²) in [5.41, 5.74) is 1.13. The summed E-state index contributed by atoms with van der Waals surface area (Å²) in [7, 11) is 0. The SMILES string of the molecule is O=C(Nc1ccccc1)Nc1nn(Cc2ccccc2F)cc1Cl. The highest BCUT2D eigenvalue weighted by Gasteiger charge is 2.12. The van der Waals surface area contributed by atoms with Gasteiger partial charge in [-0.05, 0) is 18.2 Å². The van der Waals surface area contributed by atoms with Gasteiger partial charge in [0.25, 0.3) is 0 Å². The monoisotopic (exact) mass is 344 g/mol. The fraction of sp³-hybridized carbons (Fsp3) is 0.0588. The van der Waals surface area contributed by atoms with Gasteiger partial charge >= 0.3 is 6.03 Å². The van der Waals surface area contributed by atoms with Crippen LogP contribution in [0.25, 0.3) is 0 Å². The van der Waals surface area contributed by atoms with Crippen molar-refractivity contribution in [3.8, 4) is 0 Å². The summed E-state index contributed by atoms with van der Waals surface area (Å²) in [5, 5.41) is 9.69. The number of nitrogens with zero attached hydrogens (tertiary/aromatic N) is 2. The average molecular weight is 345 g/mol. The lowest BCUT2D eigenvalue weighted by atomic mass is 10.2. The number of para-hydroxylation sites is 1. The van der Waals surface area contributed by atoms with Gasteiger partial charge in [-0.1, -0.05) is 48.0 Å². The summed E-state index contributed by atoms with van der Waals surface area (Å²) >= 11 is 6.08. The molecule has 0 fully saturated rings. The molecule has 24 heavy (non-hydrogen) atoms. The molecule has 2 aromatic carbocycles. The third-order valence-electron chi connectivity index (χ3n) is 3.27. The van der Waals surface area contributed by atoms with E-state index in [1.807, 2.05) is 18.2 Å². The second-order valence-corrected chi connectivity index (χ2v) is 5.47. The average Bonchev–Trinajstić information content (AvgIpc) is 2.90. The minimum Gasteiger partial charge on any atom is -0.308 e. The summed E-state index contributed by atoms with van der Waals surface area (Å²) in [6, 6.07) is 15.0. The zero-order chi connectivity index (χ0) is 16.9. The van der Waals surface area contributed by atoms with Crippen molar-refractivity contribution in [3.05, 3.63) is 77.2 Å². The molecule has 3 rings (SSSR count). The summed E-state index contributed by atoms with van der Waals surface area (Å²) in [4.78, 5) is 12.0. The molecule has 1 aromatic heterocycles. The van der Waals surface area contributed by atoms with Gasteiger partial charge < -0.3 is 5.32 Å². The number of hydrogen-bond donors (Lipinski definition) is 2. The summed E-state index contributed by atoms with van der Waals surface area (Å²) < 4.78 is 15.2. The van der Waals surface area contributed by atoms with E-state index in [2.05, 4.69) is 15.7 Å². The molecule has 0 saturated heterocycles. The summed E-state index contributed by atoms with van der Waals surface area (Å²) in [6.07, 6.45) is 1.53. The first kappa shape index (κ1) is 16.0. The van der Waals surface area contributed by atoms with E-state index in [1.165, 1.54) is 16.9 Å². The molecule has 0 unspecified atom stereocenters. The number of carbonyl (C=O) groups excluding carboxylic acids is 1. The van der Waals surface area contributed by atoms with Crippen LogP contribution in [0.4, 0.5) is 20.7 Å². The molecule has 0 aliphatic carbocycles. The lowest BCUT2D eigenvalue weighted by Crippen LogP contribution is -2.20. The normalized spacial score (nSPS) is 10.4. The molecule has 5 nitrogen and oxygen atoms in total. The molecule has 0 saturated carbocycles. The van der Waals surface area contributed by atoms with Crippen LogP contribution in [0.2, 0.25) is 5.02 Å². The molecule has 2 amide bonds. The van der Waals surface area contributed by atoms with Crippen molar-refractivity contribution < 1.29 is 9.18 Å². The summed E-state index contributed by atoms with van der Waals surface area (Å²) in [6.45, 7) is 0.217. The highest BCUT2D eigenvalue weighted by molar-refractivity contribution is 6.33. The zero-order valence-electron chi connectivity index (χ0n) is 12.5. The predicted molar refractivity (Wildman–Crippen MR) is 91.8 cm³/mol. The van der Waals surface area contributed by atoms with Gasteiger partial charge in [-0.2, -0.15) is 5.10 Å². The third kappa shape index (κ3) is 3.91. The highest BCUT2D eigenvalue weighted by Crippen LogP contribution is 2.21. The van der Waals surface area contributed by atoms with Crippen LogP contribution in [-0.4, -0.2) is 15.8 Å². The molecule has 1 heterocycles. The lowest BCUT2D eigenvalue weighted by molar-refractivity contribution is 0.262. The van der Waals surface area contributed by atoms with E-state index < -0.39 is 6.03 Å². The molecule has 0 atom stereocenters. The Kier molecular flexibility index (Phi) is 4.77. The van der Waals surface area contributed by atoms with Gasteiger partial charge in [0.05, 0.1) is 6.54 Å². The molecular formula is C17H14ClFN4O. The summed E-state index contributed by atoms with van der Waals surface area (Å²) in [5.74, 6) is -0.109. The number of anilines is 2. The second kappa shape index (κ2) is 7.14. The third-order valence-corrected chi connectivity index (χ3v) is 3.55. The van der Waals surface area contributed by atoms with Crippen LogP contribution in [0.3, 0.4) is 0 Å². The van der Waals surface area contributed by atoms with Crippen LogP contribution in [-0.2, 0) is 6.54 Å². The maximum atomic E-state index is 13.7. The first-order chi connectivity index (χ1) is 11.6. The Morgan fingerprint density at radius 1 is 1.08 bits per heavy atom. The van der Waals surface area contributed by atoms with E-state index in [-0.39, 0.29) is 23.2 Å². The van der Waals surface area contributed by atoms with E-state index in [0.717, 1.165) is 0 Å². The van der Waals surface area contributed by atoms with E-state index in [4.69, 9.17) is 11.6 Å². The lowest BCUT2D eigenvalue weighted by Gasteiger charge is -2.06. The minimum absolute atomic E-state index is 0.210. The molecule has 0 spiro atoms. The van der Waals surface area contributed by atoms with Crippen LogP contribution in [0.15, 0.2) is 60.8 Å². The van der Waals surface area contributed by atoms with Crippen LogP contribution in [0.5, 0.6) is 0 Å². The highest BCUT2D eigenvalue weighted by atomic mass is 35.5. The van der Waals surface area contributed by atoms with Crippen molar-refractivity contribution >= 4 is 29.1 Å². The fourth-order valence-corrected chi connectivity index (χ4v) is 2.35. The molecule has 0 radical (unpaired) electrons. The van der Waals surface area contributed by atoms with Gasteiger partial charge in [0.1, 0.15) is 10.8 Å². The van der Waals surface area contributed by atoms with E-state index >= 15 is 0 Å². The Balaban J connectivity index is 1.68. The quantitative estimate of drug-likeness (QED) is 0.738. The number of aromatic nitrogens is 2. The number of urea groups is 1. The van der Waals surface area contributed by atoms with Gasteiger partial charge in [-0.25, -0.2) is 9.18 Å². The molecule has 2 N–H and O–H groups in total. The zero-order valence-corrected chi connectivity index (χ0v) is 13.3. The fourth-order valence-electron chi connectivity index (χ4n) is 2.16. The number of amides is 2. The second-order valence-electron chi connectivity index (χ2n) is 5.06. The molecule has 0 aliphatic heterocycles. The van der Waals surface area contributed by atoms with Crippen LogP contribution >= 0.6 is 11.6 Å². The van der Waals surface area contributed by atoms with Gasteiger partial charge in [0, 0.05) is 17.4 Å². The smallest absolute Gasteiger partial charge is 0.308 e. The number of halogens is 2. The van der Waals surface area contributed by atoms with Crippen LogP contribution in [0.1, 0.15) is 5.56 Å². The molecule has 0 bridgehead atoms. The van der Waals surface area contributed by atoms with Gasteiger partial charge in [0.2, 0.25) is 0 Å².